The molecule has 0 atom stereocenters. The molecular formula is C15H15BrN2O2S. The van der Waals surface area contributed by atoms with Gasteiger partial charge in [-0.1, -0.05) is 15.9 Å². The Morgan fingerprint density at radius 2 is 2.14 bits per heavy atom. The minimum Gasteiger partial charge on any atom is -0.496 e. The first-order valence-corrected chi connectivity index (χ1v) is 8.39. The molecule has 2 heterocycles. The van der Waals surface area contributed by atoms with Crippen molar-refractivity contribution in [1.29, 1.82) is 0 Å². The van der Waals surface area contributed by atoms with E-state index in [9.17, 15) is 4.79 Å². The van der Waals surface area contributed by atoms with Crippen LogP contribution in [0.15, 0.2) is 32.6 Å². The van der Waals surface area contributed by atoms with Gasteiger partial charge in [0.15, 0.2) is 5.17 Å². The van der Waals surface area contributed by atoms with Crippen molar-refractivity contribution < 1.29 is 9.53 Å². The number of hydrogen-bond donors (Lipinski definition) is 0. The Bertz CT molecular complexity index is 637. The second-order valence-electron chi connectivity index (χ2n) is 4.89. The van der Waals surface area contributed by atoms with E-state index in [1.807, 2.05) is 24.3 Å². The largest absolute Gasteiger partial charge is 0.496 e. The summed E-state index contributed by atoms with van der Waals surface area (Å²) in [6, 6.07) is 5.73. The molecule has 1 amide bonds. The van der Waals surface area contributed by atoms with Crippen molar-refractivity contribution in [3.63, 3.8) is 0 Å². The molecule has 6 heteroatoms. The van der Waals surface area contributed by atoms with Gasteiger partial charge in [0.05, 0.1) is 12.0 Å². The Hall–Kier alpha value is -1.27. The van der Waals surface area contributed by atoms with Crippen LogP contribution in [0.25, 0.3) is 6.08 Å². The molecule has 1 aromatic carbocycles. The molecule has 0 radical (unpaired) electrons. The molecule has 21 heavy (non-hydrogen) atoms. The van der Waals surface area contributed by atoms with E-state index in [1.54, 1.807) is 7.11 Å². The molecule has 110 valence electrons. The number of rotatable bonds is 2. The molecule has 1 fully saturated rings. The Morgan fingerprint density at radius 1 is 1.38 bits per heavy atom. The van der Waals surface area contributed by atoms with Crippen molar-refractivity contribution in [3.05, 3.63) is 33.1 Å². The number of carbonyl (C=O) groups excluding carboxylic acids is 1. The van der Waals surface area contributed by atoms with E-state index in [-0.39, 0.29) is 5.91 Å². The third kappa shape index (κ3) is 3.16. The fourth-order valence-corrected chi connectivity index (χ4v) is 3.74. The third-order valence-corrected chi connectivity index (χ3v) is 5.00. The van der Waals surface area contributed by atoms with E-state index in [0.717, 1.165) is 34.0 Å². The predicted octanol–water partition coefficient (Wildman–Crippen LogP) is 3.52. The van der Waals surface area contributed by atoms with Gasteiger partial charge in [0, 0.05) is 23.1 Å². The molecule has 3 rings (SSSR count). The highest BCUT2D eigenvalue weighted by atomic mass is 79.9. The van der Waals surface area contributed by atoms with Crippen molar-refractivity contribution in [2.24, 2.45) is 4.99 Å². The minimum atomic E-state index is -0.163. The first-order chi connectivity index (χ1) is 10.2. The molecule has 0 N–H and O–H groups in total. The van der Waals surface area contributed by atoms with E-state index < -0.39 is 0 Å². The summed E-state index contributed by atoms with van der Waals surface area (Å²) in [5, 5.41) is 0.831. The Balaban J connectivity index is 1.85. The Morgan fingerprint density at radius 3 is 2.86 bits per heavy atom. The number of aliphatic imine (C=N–C) groups is 1. The Labute approximate surface area is 136 Å². The number of amides is 1. The molecular weight excluding hydrogens is 352 g/mol. The lowest BCUT2D eigenvalue weighted by Crippen LogP contribution is -2.23. The molecule has 0 aliphatic carbocycles. The van der Waals surface area contributed by atoms with Gasteiger partial charge < -0.3 is 9.64 Å². The quantitative estimate of drug-likeness (QED) is 0.750. The number of hydrogen-bond acceptors (Lipinski definition) is 4. The topological polar surface area (TPSA) is 41.9 Å². The summed E-state index contributed by atoms with van der Waals surface area (Å²) in [6.07, 6.45) is 4.20. The summed E-state index contributed by atoms with van der Waals surface area (Å²) in [5.74, 6) is 0.581. The highest BCUT2D eigenvalue weighted by Gasteiger charge is 2.27. The lowest BCUT2D eigenvalue weighted by molar-refractivity contribution is -0.113. The van der Waals surface area contributed by atoms with Gasteiger partial charge in [-0.2, -0.15) is 4.99 Å². The van der Waals surface area contributed by atoms with Crippen LogP contribution in [0.1, 0.15) is 18.4 Å². The maximum absolute atomic E-state index is 12.1. The molecule has 2 aliphatic rings. The zero-order valence-electron chi connectivity index (χ0n) is 11.6. The smallest absolute Gasteiger partial charge is 0.286 e. The standard InChI is InChI=1S/C15H15BrN2O2S/c1-20-12-5-4-11(16)8-10(12)9-13-14(19)17-15(21-13)18-6-2-3-7-18/h4-5,8-9H,2-3,6-7H2,1H3. The summed E-state index contributed by atoms with van der Waals surface area (Å²) < 4.78 is 6.29. The van der Waals surface area contributed by atoms with Crippen LogP contribution in [0.3, 0.4) is 0 Å². The van der Waals surface area contributed by atoms with Crippen LogP contribution < -0.4 is 4.74 Å². The Kier molecular flexibility index (Phi) is 4.35. The lowest BCUT2D eigenvalue weighted by atomic mass is 10.2. The van der Waals surface area contributed by atoms with E-state index in [2.05, 4.69) is 25.8 Å². The summed E-state index contributed by atoms with van der Waals surface area (Å²) >= 11 is 4.89. The SMILES string of the molecule is COc1ccc(Br)cc1C=C1SC(N2CCCC2)=NC1=O. The molecule has 4 nitrogen and oxygen atoms in total. The summed E-state index contributed by atoms with van der Waals surface area (Å²) in [5.41, 5.74) is 0.876. The average molecular weight is 367 g/mol. The highest BCUT2D eigenvalue weighted by Crippen LogP contribution is 2.34. The van der Waals surface area contributed by atoms with Crippen LogP contribution >= 0.6 is 27.7 Å². The molecule has 0 bridgehead atoms. The number of ether oxygens (including phenoxy) is 1. The maximum Gasteiger partial charge on any atom is 0.286 e. The molecule has 2 aliphatic heterocycles. The normalized spacial score (nSPS) is 20.3. The third-order valence-electron chi connectivity index (χ3n) is 3.46. The van der Waals surface area contributed by atoms with E-state index in [0.29, 0.717) is 4.91 Å². The zero-order valence-corrected chi connectivity index (χ0v) is 14.0. The van der Waals surface area contributed by atoms with Crippen LogP contribution in [-0.2, 0) is 4.79 Å². The van der Waals surface area contributed by atoms with Gasteiger partial charge in [0.1, 0.15) is 5.75 Å². The zero-order chi connectivity index (χ0) is 14.8. The molecule has 0 aromatic heterocycles. The van der Waals surface area contributed by atoms with Crippen LogP contribution in [-0.4, -0.2) is 36.2 Å². The summed E-state index contributed by atoms with van der Waals surface area (Å²) in [6.45, 7) is 1.99. The van der Waals surface area contributed by atoms with Gasteiger partial charge in [-0.3, -0.25) is 4.79 Å². The van der Waals surface area contributed by atoms with Gasteiger partial charge in [-0.25, -0.2) is 0 Å². The first kappa shape index (κ1) is 14.7. The first-order valence-electron chi connectivity index (χ1n) is 6.78. The maximum atomic E-state index is 12.1. The molecule has 0 unspecified atom stereocenters. The number of methoxy groups -OCH3 is 1. The predicted molar refractivity (Wildman–Crippen MR) is 89.5 cm³/mol. The molecule has 1 aromatic rings. The van der Waals surface area contributed by atoms with E-state index >= 15 is 0 Å². The average Bonchev–Trinajstić information content (AvgIpc) is 3.10. The van der Waals surface area contributed by atoms with Crippen molar-refractivity contribution in [1.82, 2.24) is 4.90 Å². The fourth-order valence-electron chi connectivity index (χ4n) is 2.40. The van der Waals surface area contributed by atoms with Gasteiger partial charge >= 0.3 is 0 Å². The van der Waals surface area contributed by atoms with Crippen molar-refractivity contribution in [3.8, 4) is 5.75 Å². The van der Waals surface area contributed by atoms with Crippen LogP contribution in [0.4, 0.5) is 0 Å². The number of halogens is 1. The molecule has 0 saturated carbocycles. The van der Waals surface area contributed by atoms with Crippen LogP contribution in [0.2, 0.25) is 0 Å². The lowest BCUT2D eigenvalue weighted by Gasteiger charge is -2.14. The van der Waals surface area contributed by atoms with Crippen molar-refractivity contribution in [2.45, 2.75) is 12.8 Å². The summed E-state index contributed by atoms with van der Waals surface area (Å²) in [4.78, 5) is 19.1. The number of amidine groups is 1. The van der Waals surface area contributed by atoms with Gasteiger partial charge in [-0.15, -0.1) is 0 Å². The fraction of sp³-hybridized carbons (Fsp3) is 0.333. The second kappa shape index (κ2) is 6.23. The number of carbonyl (C=O) groups is 1. The number of likely N-dealkylation sites (tertiary alicyclic amines) is 1. The second-order valence-corrected chi connectivity index (χ2v) is 6.82. The van der Waals surface area contributed by atoms with Crippen molar-refractivity contribution in [2.75, 3.05) is 20.2 Å². The van der Waals surface area contributed by atoms with Gasteiger partial charge in [-0.05, 0) is 48.9 Å². The number of benzene rings is 1. The number of thioether (sulfide) groups is 1. The van der Waals surface area contributed by atoms with Gasteiger partial charge in [0.2, 0.25) is 0 Å². The highest BCUT2D eigenvalue weighted by molar-refractivity contribution is 9.10. The summed E-state index contributed by atoms with van der Waals surface area (Å²) in [7, 11) is 1.63. The monoisotopic (exact) mass is 366 g/mol. The molecule has 0 spiro atoms. The van der Waals surface area contributed by atoms with Gasteiger partial charge in [0.25, 0.3) is 5.91 Å². The number of nitrogens with zero attached hydrogens (tertiary/aromatic N) is 2. The van der Waals surface area contributed by atoms with E-state index in [4.69, 9.17) is 4.74 Å². The van der Waals surface area contributed by atoms with Crippen molar-refractivity contribution >= 4 is 44.8 Å². The van der Waals surface area contributed by atoms with Crippen LogP contribution in [0, 0.1) is 0 Å². The van der Waals surface area contributed by atoms with E-state index in [1.165, 1.54) is 24.6 Å². The molecule has 1 saturated heterocycles. The minimum absolute atomic E-state index is 0.163. The van der Waals surface area contributed by atoms with Crippen LogP contribution in [0.5, 0.6) is 5.75 Å².